The molecule has 15 heavy (non-hydrogen) atoms. The molecule has 0 saturated heterocycles. The average Bonchev–Trinajstić information content (AvgIpc) is 2.18. The molecule has 0 aliphatic rings. The molecule has 0 heterocycles. The van der Waals surface area contributed by atoms with Gasteiger partial charge in [0.15, 0.2) is 11.6 Å². The molecule has 0 unspecified atom stereocenters. The van der Waals surface area contributed by atoms with Crippen LogP contribution >= 0.6 is 0 Å². The van der Waals surface area contributed by atoms with E-state index in [1.54, 1.807) is 0 Å². The molecule has 0 saturated carbocycles. The number of Topliss-reactive ketones (excluding diaryl/α,β-unsaturated/α-hetero) is 2. The predicted octanol–water partition coefficient (Wildman–Crippen LogP) is 2.10. The molecule has 3 heteroatoms. The lowest BCUT2D eigenvalue weighted by atomic mass is 10.0. The first kappa shape index (κ1) is 16.8. The lowest BCUT2D eigenvalue weighted by Gasteiger charge is -1.99. The molecule has 0 fully saturated rings. The highest BCUT2D eigenvalue weighted by atomic mass is 16.2. The van der Waals surface area contributed by atoms with Crippen LogP contribution < -0.4 is 0 Å². The minimum Gasteiger partial charge on any atom is -0.291 e. The summed E-state index contributed by atoms with van der Waals surface area (Å²) in [4.78, 5) is 22.5. The minimum absolute atomic E-state index is 0. The van der Waals surface area contributed by atoms with Crippen molar-refractivity contribution in [3.8, 4) is 0 Å². The average molecular weight is 212 g/mol. The van der Waals surface area contributed by atoms with Crippen LogP contribution in [0, 0.1) is 0 Å². The second-order valence-electron chi connectivity index (χ2n) is 3.76. The first-order chi connectivity index (χ1) is 6.72. The van der Waals surface area contributed by atoms with E-state index in [0.29, 0.717) is 12.8 Å². The molecule has 0 radical (unpaired) electrons. The first-order valence-corrected chi connectivity index (χ1v) is 5.78. The summed E-state index contributed by atoms with van der Waals surface area (Å²) in [6, 6.07) is 0. The second-order valence-corrected chi connectivity index (χ2v) is 3.76. The van der Waals surface area contributed by atoms with Gasteiger partial charge in [-0.1, -0.05) is 39.5 Å². The molecular formula is C12H25BO2. The molecule has 0 atom stereocenters. The highest BCUT2D eigenvalue weighted by Crippen LogP contribution is 2.05. The van der Waals surface area contributed by atoms with Crippen molar-refractivity contribution in [3.63, 3.8) is 0 Å². The second kappa shape index (κ2) is 11.5. The van der Waals surface area contributed by atoms with Crippen molar-refractivity contribution in [1.29, 1.82) is 0 Å². The zero-order valence-corrected chi connectivity index (χ0v) is 9.47. The van der Waals surface area contributed by atoms with Crippen LogP contribution in [0.15, 0.2) is 0 Å². The summed E-state index contributed by atoms with van der Waals surface area (Å²) < 4.78 is 0. The van der Waals surface area contributed by atoms with Crippen molar-refractivity contribution in [3.05, 3.63) is 0 Å². The summed E-state index contributed by atoms with van der Waals surface area (Å²) in [5, 5.41) is 0. The fraction of sp³-hybridized carbons (Fsp3) is 0.833. The largest absolute Gasteiger partial charge is 0.291 e. The Balaban J connectivity index is 0. The zero-order chi connectivity index (χ0) is 10.8. The standard InChI is InChI=1S/C12H22O2.BH3/c1-3-5-7-9-11(13)12(14)10-8-6-4-2;/h3-10H2,1-2H3;1H3. The molecule has 0 spiro atoms. The molecule has 0 aromatic carbocycles. The Labute approximate surface area is 95.4 Å². The van der Waals surface area contributed by atoms with Gasteiger partial charge in [-0.05, 0) is 12.8 Å². The van der Waals surface area contributed by atoms with Gasteiger partial charge in [-0.25, -0.2) is 0 Å². The van der Waals surface area contributed by atoms with Crippen LogP contribution in [0.2, 0.25) is 0 Å². The summed E-state index contributed by atoms with van der Waals surface area (Å²) in [7, 11) is 0. The van der Waals surface area contributed by atoms with Crippen molar-refractivity contribution in [2.75, 3.05) is 0 Å². The highest BCUT2D eigenvalue weighted by molar-refractivity contribution is 6.37. The van der Waals surface area contributed by atoms with Crippen molar-refractivity contribution < 1.29 is 9.59 Å². The third-order valence-corrected chi connectivity index (χ3v) is 2.33. The molecule has 0 N–H and O–H groups in total. The number of hydrogen-bond acceptors (Lipinski definition) is 2. The quantitative estimate of drug-likeness (QED) is 0.333. The smallest absolute Gasteiger partial charge is 0.198 e. The number of carbonyl (C=O) groups is 2. The monoisotopic (exact) mass is 212 g/mol. The molecule has 0 bridgehead atoms. The third kappa shape index (κ3) is 9.70. The van der Waals surface area contributed by atoms with Gasteiger partial charge in [-0.3, -0.25) is 9.59 Å². The van der Waals surface area contributed by atoms with Gasteiger partial charge in [0.25, 0.3) is 0 Å². The molecule has 0 aromatic rings. The topological polar surface area (TPSA) is 34.1 Å². The van der Waals surface area contributed by atoms with Crippen molar-refractivity contribution >= 4 is 20.0 Å². The number of hydrogen-bond donors (Lipinski definition) is 0. The van der Waals surface area contributed by atoms with Gasteiger partial charge in [0.2, 0.25) is 0 Å². The van der Waals surface area contributed by atoms with Crippen LogP contribution in [0.3, 0.4) is 0 Å². The summed E-state index contributed by atoms with van der Waals surface area (Å²) >= 11 is 0. The number of carbonyl (C=O) groups excluding carboxylic acids is 2. The van der Waals surface area contributed by atoms with Gasteiger partial charge in [0.05, 0.1) is 8.41 Å². The molecule has 88 valence electrons. The van der Waals surface area contributed by atoms with Crippen LogP contribution in [0.25, 0.3) is 0 Å². The molecule has 0 aromatic heterocycles. The fourth-order valence-corrected chi connectivity index (χ4v) is 1.35. The predicted molar refractivity (Wildman–Crippen MR) is 68.2 cm³/mol. The van der Waals surface area contributed by atoms with Crippen molar-refractivity contribution in [2.24, 2.45) is 0 Å². The van der Waals surface area contributed by atoms with E-state index in [9.17, 15) is 9.59 Å². The summed E-state index contributed by atoms with van der Waals surface area (Å²) in [6.45, 7) is 4.18. The Kier molecular flexibility index (Phi) is 12.9. The molecule has 0 rings (SSSR count). The van der Waals surface area contributed by atoms with E-state index in [1.165, 1.54) is 0 Å². The molecule has 2 nitrogen and oxygen atoms in total. The fourth-order valence-electron chi connectivity index (χ4n) is 1.35. The number of unbranched alkanes of at least 4 members (excludes halogenated alkanes) is 4. The molecule has 0 aliphatic carbocycles. The SMILES string of the molecule is B.CCCCCC(=O)C(=O)CCCCC. The Morgan fingerprint density at radius 1 is 0.733 bits per heavy atom. The van der Waals surface area contributed by atoms with Crippen LogP contribution in [0.5, 0.6) is 0 Å². The van der Waals surface area contributed by atoms with Gasteiger partial charge in [-0.2, -0.15) is 0 Å². The maximum absolute atomic E-state index is 11.3. The van der Waals surface area contributed by atoms with E-state index in [4.69, 9.17) is 0 Å². The molecule has 0 amide bonds. The number of rotatable bonds is 9. The van der Waals surface area contributed by atoms with Crippen LogP contribution in [-0.2, 0) is 9.59 Å². The maximum Gasteiger partial charge on any atom is 0.198 e. The Hall–Kier alpha value is -0.595. The van der Waals surface area contributed by atoms with E-state index < -0.39 is 0 Å². The van der Waals surface area contributed by atoms with Crippen molar-refractivity contribution in [2.45, 2.75) is 65.2 Å². The normalized spacial score (nSPS) is 9.47. The zero-order valence-electron chi connectivity index (χ0n) is 9.47. The van der Waals surface area contributed by atoms with Gasteiger partial charge in [-0.15, -0.1) is 0 Å². The van der Waals surface area contributed by atoms with Gasteiger partial charge in [0, 0.05) is 12.8 Å². The summed E-state index contributed by atoms with van der Waals surface area (Å²) in [5.74, 6) is -0.316. The van der Waals surface area contributed by atoms with E-state index >= 15 is 0 Å². The van der Waals surface area contributed by atoms with E-state index in [2.05, 4.69) is 13.8 Å². The first-order valence-electron chi connectivity index (χ1n) is 5.78. The van der Waals surface area contributed by atoms with Crippen LogP contribution in [0.4, 0.5) is 0 Å². The summed E-state index contributed by atoms with van der Waals surface area (Å²) in [6.07, 6.45) is 6.94. The maximum atomic E-state index is 11.3. The summed E-state index contributed by atoms with van der Waals surface area (Å²) in [5.41, 5.74) is 0. The van der Waals surface area contributed by atoms with Crippen LogP contribution in [0.1, 0.15) is 65.2 Å². The lowest BCUT2D eigenvalue weighted by Crippen LogP contribution is -2.13. The highest BCUT2D eigenvalue weighted by Gasteiger charge is 2.11. The molecule has 0 aliphatic heterocycles. The van der Waals surface area contributed by atoms with E-state index in [1.807, 2.05) is 0 Å². The minimum atomic E-state index is -0.158. The van der Waals surface area contributed by atoms with Gasteiger partial charge >= 0.3 is 0 Å². The Morgan fingerprint density at radius 2 is 1.07 bits per heavy atom. The Morgan fingerprint density at radius 3 is 1.33 bits per heavy atom. The molecular weight excluding hydrogens is 187 g/mol. The van der Waals surface area contributed by atoms with E-state index in [-0.39, 0.29) is 20.0 Å². The Bertz CT molecular complexity index is 158. The number of ketones is 2. The van der Waals surface area contributed by atoms with Crippen molar-refractivity contribution in [1.82, 2.24) is 0 Å². The lowest BCUT2D eigenvalue weighted by molar-refractivity contribution is -0.136. The van der Waals surface area contributed by atoms with Gasteiger partial charge < -0.3 is 0 Å². The van der Waals surface area contributed by atoms with Gasteiger partial charge in [0.1, 0.15) is 0 Å². The third-order valence-electron chi connectivity index (χ3n) is 2.33. The van der Waals surface area contributed by atoms with Crippen LogP contribution in [-0.4, -0.2) is 20.0 Å². The van der Waals surface area contributed by atoms with E-state index in [0.717, 1.165) is 38.5 Å².